The van der Waals surface area contributed by atoms with Crippen molar-refractivity contribution >= 4 is 9.84 Å². The van der Waals surface area contributed by atoms with Crippen molar-refractivity contribution in [3.8, 4) is 0 Å². The van der Waals surface area contributed by atoms with Gasteiger partial charge in [-0.25, -0.2) is 8.42 Å². The second-order valence-electron chi connectivity index (χ2n) is 6.51. The molecule has 0 radical (unpaired) electrons. The zero-order valence-corrected chi connectivity index (χ0v) is 12.8. The molecule has 0 amide bonds. The summed E-state index contributed by atoms with van der Waals surface area (Å²) in [4.78, 5) is -0.685. The van der Waals surface area contributed by atoms with Crippen LogP contribution in [0.2, 0.25) is 0 Å². The normalized spacial score (nSPS) is 24.4. The highest BCUT2D eigenvalue weighted by Gasteiger charge is 2.47. The zero-order chi connectivity index (χ0) is 16.0. The summed E-state index contributed by atoms with van der Waals surface area (Å²) in [6.45, 7) is 2.12. The van der Waals surface area contributed by atoms with Crippen molar-refractivity contribution in [2.45, 2.75) is 36.1 Å². The van der Waals surface area contributed by atoms with Gasteiger partial charge in [0.15, 0.2) is 0 Å². The lowest BCUT2D eigenvalue weighted by atomic mass is 9.79. The summed E-state index contributed by atoms with van der Waals surface area (Å²) in [5.74, 6) is 0.534. The van der Waals surface area contributed by atoms with Gasteiger partial charge in [0, 0.05) is 13.1 Å². The first-order valence-electron chi connectivity index (χ1n) is 7.33. The fourth-order valence-electron chi connectivity index (χ4n) is 3.57. The van der Waals surface area contributed by atoms with E-state index in [9.17, 15) is 21.6 Å². The molecule has 0 bridgehead atoms. The first-order valence-corrected chi connectivity index (χ1v) is 8.81. The van der Waals surface area contributed by atoms with Crippen LogP contribution in [0.1, 0.15) is 24.8 Å². The molecule has 3 nitrogen and oxygen atoms in total. The van der Waals surface area contributed by atoms with E-state index in [0.29, 0.717) is 11.3 Å². The standard InChI is InChI=1S/C15H18F3NO2S/c16-15(17,18)22(20,21)13-3-1-11(2-4-13)7-12-5-6-14(8-12)9-19-10-14/h1-4,12,19H,5-10H2/t12-/m1/s1. The van der Waals surface area contributed by atoms with Crippen LogP contribution < -0.4 is 5.32 Å². The maximum Gasteiger partial charge on any atom is 0.501 e. The molecule has 3 rings (SSSR count). The monoisotopic (exact) mass is 333 g/mol. The van der Waals surface area contributed by atoms with Gasteiger partial charge in [-0.3, -0.25) is 0 Å². The molecule has 1 saturated carbocycles. The number of rotatable bonds is 3. The molecule has 0 aromatic heterocycles. The Morgan fingerprint density at radius 1 is 1.18 bits per heavy atom. The topological polar surface area (TPSA) is 46.2 Å². The molecule has 1 aliphatic carbocycles. The second kappa shape index (κ2) is 5.23. The maximum absolute atomic E-state index is 12.5. The first-order chi connectivity index (χ1) is 10.2. The highest BCUT2D eigenvalue weighted by atomic mass is 32.2. The van der Waals surface area contributed by atoms with E-state index in [2.05, 4.69) is 5.32 Å². The van der Waals surface area contributed by atoms with Crippen molar-refractivity contribution in [2.75, 3.05) is 13.1 Å². The molecule has 1 aliphatic heterocycles. The zero-order valence-electron chi connectivity index (χ0n) is 12.0. The molecule has 122 valence electrons. The van der Waals surface area contributed by atoms with Crippen molar-refractivity contribution in [2.24, 2.45) is 11.3 Å². The van der Waals surface area contributed by atoms with Gasteiger partial charge in [-0.2, -0.15) is 13.2 Å². The number of nitrogens with one attached hydrogen (secondary N) is 1. The molecule has 1 heterocycles. The summed E-state index contributed by atoms with van der Waals surface area (Å²) >= 11 is 0. The SMILES string of the molecule is O=S(=O)(c1ccc(C[C@H]2CCC3(CNC3)C2)cc1)C(F)(F)F. The molecule has 1 aromatic rings. The molecule has 22 heavy (non-hydrogen) atoms. The lowest BCUT2D eigenvalue weighted by molar-refractivity contribution is -0.0436. The average Bonchev–Trinajstić information content (AvgIpc) is 2.82. The predicted octanol–water partition coefficient (Wildman–Crippen LogP) is 2.91. The van der Waals surface area contributed by atoms with Crippen LogP contribution in [0.25, 0.3) is 0 Å². The smallest absolute Gasteiger partial charge is 0.316 e. The van der Waals surface area contributed by atoms with Crippen LogP contribution in [0.4, 0.5) is 13.2 Å². The van der Waals surface area contributed by atoms with Gasteiger partial charge in [0.1, 0.15) is 0 Å². The minimum Gasteiger partial charge on any atom is -0.316 e. The second-order valence-corrected chi connectivity index (χ2v) is 8.45. The van der Waals surface area contributed by atoms with E-state index >= 15 is 0 Å². The number of alkyl halides is 3. The third-order valence-electron chi connectivity index (χ3n) is 4.87. The number of sulfone groups is 1. The van der Waals surface area contributed by atoms with Crippen LogP contribution in [0.15, 0.2) is 29.2 Å². The van der Waals surface area contributed by atoms with Gasteiger partial charge in [0.25, 0.3) is 9.84 Å². The minimum atomic E-state index is -5.25. The molecule has 1 atom stereocenters. The van der Waals surface area contributed by atoms with E-state index in [-0.39, 0.29) is 0 Å². The van der Waals surface area contributed by atoms with E-state index in [1.54, 1.807) is 0 Å². The number of benzene rings is 1. The van der Waals surface area contributed by atoms with E-state index in [0.717, 1.165) is 50.0 Å². The fourth-order valence-corrected chi connectivity index (χ4v) is 4.33. The Bertz CT molecular complexity index is 648. The van der Waals surface area contributed by atoms with Crippen LogP contribution in [-0.4, -0.2) is 27.0 Å². The van der Waals surface area contributed by atoms with Gasteiger partial charge in [-0.1, -0.05) is 12.1 Å². The largest absolute Gasteiger partial charge is 0.501 e. The molecular formula is C15H18F3NO2S. The molecule has 2 aliphatic rings. The van der Waals surface area contributed by atoms with Crippen molar-refractivity contribution < 1.29 is 21.6 Å². The van der Waals surface area contributed by atoms with E-state index in [4.69, 9.17) is 0 Å². The highest BCUT2D eigenvalue weighted by molar-refractivity contribution is 7.92. The Labute approximate surface area is 127 Å². The fraction of sp³-hybridized carbons (Fsp3) is 0.600. The van der Waals surface area contributed by atoms with Gasteiger partial charge < -0.3 is 5.32 Å². The Morgan fingerprint density at radius 3 is 2.27 bits per heavy atom. The lowest BCUT2D eigenvalue weighted by Gasteiger charge is -2.39. The van der Waals surface area contributed by atoms with Gasteiger partial charge >= 0.3 is 5.51 Å². The highest BCUT2D eigenvalue weighted by Crippen LogP contribution is 2.45. The van der Waals surface area contributed by atoms with Crippen LogP contribution >= 0.6 is 0 Å². The molecule has 1 spiro atoms. The maximum atomic E-state index is 12.5. The number of hydrogen-bond donors (Lipinski definition) is 1. The Hall–Kier alpha value is -1.08. The third-order valence-corrected chi connectivity index (χ3v) is 6.37. The number of hydrogen-bond acceptors (Lipinski definition) is 3. The molecule has 1 aromatic carbocycles. The van der Waals surface area contributed by atoms with Crippen molar-refractivity contribution in [1.29, 1.82) is 0 Å². The lowest BCUT2D eigenvalue weighted by Crippen LogP contribution is -2.51. The third kappa shape index (κ3) is 2.76. The average molecular weight is 333 g/mol. The summed E-state index contributed by atoms with van der Waals surface area (Å²) in [7, 11) is -5.24. The Balaban J connectivity index is 1.68. The summed E-state index contributed by atoms with van der Waals surface area (Å²) < 4.78 is 60.1. The Morgan fingerprint density at radius 2 is 1.82 bits per heavy atom. The van der Waals surface area contributed by atoms with Crippen LogP contribution in [0.3, 0.4) is 0 Å². The van der Waals surface area contributed by atoms with Gasteiger partial charge in [-0.15, -0.1) is 0 Å². The molecule has 7 heteroatoms. The number of halogens is 3. The molecule has 2 fully saturated rings. The summed E-state index contributed by atoms with van der Waals surface area (Å²) in [5, 5.41) is 3.29. The quantitative estimate of drug-likeness (QED) is 0.925. The van der Waals surface area contributed by atoms with Crippen molar-refractivity contribution in [1.82, 2.24) is 5.32 Å². The van der Waals surface area contributed by atoms with Gasteiger partial charge in [0.05, 0.1) is 4.90 Å². The van der Waals surface area contributed by atoms with Crippen LogP contribution in [0.5, 0.6) is 0 Å². The van der Waals surface area contributed by atoms with Gasteiger partial charge in [-0.05, 0) is 54.7 Å². The molecule has 1 saturated heterocycles. The Kier molecular flexibility index (Phi) is 3.76. The molecule has 1 N–H and O–H groups in total. The summed E-state index contributed by atoms with van der Waals surface area (Å²) in [6.07, 6.45) is 4.27. The van der Waals surface area contributed by atoms with Crippen LogP contribution in [0, 0.1) is 11.3 Å². The first kappa shape index (κ1) is 15.8. The summed E-state index contributed by atoms with van der Waals surface area (Å²) in [5.41, 5.74) is -3.91. The van der Waals surface area contributed by atoms with Crippen molar-refractivity contribution in [3.63, 3.8) is 0 Å². The predicted molar refractivity (Wildman–Crippen MR) is 76.0 cm³/mol. The van der Waals surface area contributed by atoms with Crippen molar-refractivity contribution in [3.05, 3.63) is 29.8 Å². The van der Waals surface area contributed by atoms with E-state index < -0.39 is 20.2 Å². The minimum absolute atomic E-state index is 0.435. The molecular weight excluding hydrogens is 315 g/mol. The van der Waals surface area contributed by atoms with Gasteiger partial charge in [0.2, 0.25) is 0 Å². The van der Waals surface area contributed by atoms with Crippen LogP contribution in [-0.2, 0) is 16.3 Å². The van der Waals surface area contributed by atoms with E-state index in [1.807, 2.05) is 0 Å². The van der Waals surface area contributed by atoms with E-state index in [1.165, 1.54) is 18.6 Å². The summed E-state index contributed by atoms with van der Waals surface area (Å²) in [6, 6.07) is 5.13. The molecule has 0 unspecified atom stereocenters.